The van der Waals surface area contributed by atoms with Crippen molar-refractivity contribution in [2.75, 3.05) is 18.8 Å². The van der Waals surface area contributed by atoms with Crippen LogP contribution in [0.15, 0.2) is 6.20 Å². The molecule has 5 heteroatoms. The van der Waals surface area contributed by atoms with E-state index in [0.717, 1.165) is 25.9 Å². The second-order valence-electron chi connectivity index (χ2n) is 4.86. The SMILES string of the molecule is CC(C)n1cc(N)c(C(=O)N2CCCCC2)n1. The average Bonchev–Trinajstić information content (AvgIpc) is 2.72. The van der Waals surface area contributed by atoms with Crippen LogP contribution in [0.5, 0.6) is 0 Å². The van der Waals surface area contributed by atoms with Crippen molar-refractivity contribution in [1.82, 2.24) is 14.7 Å². The van der Waals surface area contributed by atoms with Crippen LogP contribution in [0.3, 0.4) is 0 Å². The Labute approximate surface area is 102 Å². The second-order valence-corrected chi connectivity index (χ2v) is 4.86. The smallest absolute Gasteiger partial charge is 0.276 e. The van der Waals surface area contributed by atoms with Crippen molar-refractivity contribution >= 4 is 11.6 Å². The van der Waals surface area contributed by atoms with E-state index in [9.17, 15) is 4.79 Å². The van der Waals surface area contributed by atoms with Gasteiger partial charge in [-0.25, -0.2) is 0 Å². The van der Waals surface area contributed by atoms with Gasteiger partial charge in [-0.3, -0.25) is 9.48 Å². The van der Waals surface area contributed by atoms with Crippen molar-refractivity contribution in [3.8, 4) is 0 Å². The molecule has 0 aliphatic carbocycles. The molecule has 0 aromatic carbocycles. The first-order valence-electron chi connectivity index (χ1n) is 6.23. The molecule has 0 radical (unpaired) electrons. The molecule has 2 N–H and O–H groups in total. The first kappa shape index (κ1) is 12.0. The van der Waals surface area contributed by atoms with Crippen LogP contribution in [0.2, 0.25) is 0 Å². The van der Waals surface area contributed by atoms with Crippen molar-refractivity contribution in [3.05, 3.63) is 11.9 Å². The summed E-state index contributed by atoms with van der Waals surface area (Å²) in [4.78, 5) is 14.1. The highest BCUT2D eigenvalue weighted by Gasteiger charge is 2.23. The van der Waals surface area contributed by atoms with E-state index in [1.807, 2.05) is 18.7 Å². The number of nitrogen functional groups attached to an aromatic ring is 1. The minimum atomic E-state index is -0.0263. The molecule has 1 fully saturated rings. The Morgan fingerprint density at radius 1 is 1.35 bits per heavy atom. The van der Waals surface area contributed by atoms with Gasteiger partial charge in [0, 0.05) is 25.3 Å². The highest BCUT2D eigenvalue weighted by atomic mass is 16.2. The lowest BCUT2D eigenvalue weighted by Gasteiger charge is -2.26. The van der Waals surface area contributed by atoms with Crippen molar-refractivity contribution in [3.63, 3.8) is 0 Å². The third kappa shape index (κ3) is 2.43. The van der Waals surface area contributed by atoms with Gasteiger partial charge in [0.2, 0.25) is 0 Å². The monoisotopic (exact) mass is 236 g/mol. The van der Waals surface area contributed by atoms with E-state index in [-0.39, 0.29) is 11.9 Å². The first-order chi connectivity index (χ1) is 8.09. The molecule has 94 valence electrons. The van der Waals surface area contributed by atoms with E-state index in [0.29, 0.717) is 11.4 Å². The van der Waals surface area contributed by atoms with Gasteiger partial charge >= 0.3 is 0 Å². The molecule has 0 spiro atoms. The number of nitrogens with zero attached hydrogens (tertiary/aromatic N) is 3. The molecule has 1 amide bonds. The summed E-state index contributed by atoms with van der Waals surface area (Å²) in [6.07, 6.45) is 5.11. The Kier molecular flexibility index (Phi) is 3.36. The number of amides is 1. The van der Waals surface area contributed by atoms with Crippen LogP contribution in [0.1, 0.15) is 49.6 Å². The molecule has 2 heterocycles. The van der Waals surface area contributed by atoms with E-state index in [4.69, 9.17) is 5.73 Å². The molecule has 2 rings (SSSR count). The molecule has 5 nitrogen and oxygen atoms in total. The summed E-state index contributed by atoms with van der Waals surface area (Å²) >= 11 is 0. The van der Waals surface area contributed by atoms with Crippen molar-refractivity contribution in [2.24, 2.45) is 0 Å². The van der Waals surface area contributed by atoms with E-state index >= 15 is 0 Å². The fraction of sp³-hybridized carbons (Fsp3) is 0.667. The van der Waals surface area contributed by atoms with Gasteiger partial charge in [0.1, 0.15) is 0 Å². The van der Waals surface area contributed by atoms with Crippen molar-refractivity contribution in [2.45, 2.75) is 39.2 Å². The number of likely N-dealkylation sites (tertiary alicyclic amines) is 1. The third-order valence-electron chi connectivity index (χ3n) is 3.14. The number of hydrogen-bond acceptors (Lipinski definition) is 3. The summed E-state index contributed by atoms with van der Waals surface area (Å²) in [5.41, 5.74) is 6.74. The fourth-order valence-electron chi connectivity index (χ4n) is 2.08. The van der Waals surface area contributed by atoms with Gasteiger partial charge in [0.15, 0.2) is 5.69 Å². The fourth-order valence-corrected chi connectivity index (χ4v) is 2.08. The number of aromatic nitrogens is 2. The quantitative estimate of drug-likeness (QED) is 0.849. The average molecular weight is 236 g/mol. The number of anilines is 1. The maximum atomic E-state index is 12.2. The number of hydrogen-bond donors (Lipinski definition) is 1. The van der Waals surface area contributed by atoms with E-state index in [2.05, 4.69) is 5.10 Å². The normalized spacial score (nSPS) is 16.5. The molecule has 0 atom stereocenters. The summed E-state index contributed by atoms with van der Waals surface area (Å²) in [5.74, 6) is -0.0263. The van der Waals surface area contributed by atoms with Crippen molar-refractivity contribution in [1.29, 1.82) is 0 Å². The number of piperidine rings is 1. The summed E-state index contributed by atoms with van der Waals surface area (Å²) in [6, 6.07) is 0.222. The first-order valence-corrected chi connectivity index (χ1v) is 6.23. The van der Waals surface area contributed by atoms with Crippen LogP contribution in [-0.2, 0) is 0 Å². The number of rotatable bonds is 2. The topological polar surface area (TPSA) is 64.2 Å². The van der Waals surface area contributed by atoms with Gasteiger partial charge in [0.25, 0.3) is 5.91 Å². The molecule has 0 bridgehead atoms. The van der Waals surface area contributed by atoms with Gasteiger partial charge in [-0.15, -0.1) is 0 Å². The number of carbonyl (C=O) groups excluding carboxylic acids is 1. The van der Waals surface area contributed by atoms with Crippen LogP contribution in [0.4, 0.5) is 5.69 Å². The molecule has 1 saturated heterocycles. The van der Waals surface area contributed by atoms with Gasteiger partial charge in [-0.05, 0) is 33.1 Å². The molecule has 1 aliphatic heterocycles. The third-order valence-corrected chi connectivity index (χ3v) is 3.14. The lowest BCUT2D eigenvalue weighted by Crippen LogP contribution is -2.36. The van der Waals surface area contributed by atoms with Crippen molar-refractivity contribution < 1.29 is 4.79 Å². The van der Waals surface area contributed by atoms with E-state index in [1.165, 1.54) is 6.42 Å². The Balaban J connectivity index is 2.18. The maximum Gasteiger partial charge on any atom is 0.276 e. The van der Waals surface area contributed by atoms with Crippen LogP contribution >= 0.6 is 0 Å². The molecule has 1 aliphatic rings. The van der Waals surface area contributed by atoms with Crippen LogP contribution in [0, 0.1) is 0 Å². The standard InChI is InChI=1S/C12H20N4O/c1-9(2)16-8-10(13)11(14-16)12(17)15-6-4-3-5-7-15/h8-9H,3-7,13H2,1-2H3. The molecule has 1 aromatic rings. The Morgan fingerprint density at radius 3 is 2.53 bits per heavy atom. The summed E-state index contributed by atoms with van der Waals surface area (Å²) < 4.78 is 1.74. The van der Waals surface area contributed by atoms with Crippen LogP contribution in [0.25, 0.3) is 0 Å². The Bertz CT molecular complexity index is 405. The number of nitrogens with two attached hydrogens (primary N) is 1. The molecular formula is C12H20N4O. The maximum absolute atomic E-state index is 12.2. The Hall–Kier alpha value is -1.52. The van der Waals surface area contributed by atoms with Crippen LogP contribution in [-0.4, -0.2) is 33.7 Å². The largest absolute Gasteiger partial charge is 0.396 e. The molecule has 0 saturated carbocycles. The second kappa shape index (κ2) is 4.77. The van der Waals surface area contributed by atoms with Gasteiger partial charge in [0.05, 0.1) is 5.69 Å². The summed E-state index contributed by atoms with van der Waals surface area (Å²) in [7, 11) is 0. The van der Waals surface area contributed by atoms with Gasteiger partial charge in [-0.2, -0.15) is 5.10 Å². The Morgan fingerprint density at radius 2 is 2.00 bits per heavy atom. The zero-order chi connectivity index (χ0) is 12.4. The van der Waals surface area contributed by atoms with E-state index in [1.54, 1.807) is 10.9 Å². The molecular weight excluding hydrogens is 216 g/mol. The molecule has 17 heavy (non-hydrogen) atoms. The summed E-state index contributed by atoms with van der Waals surface area (Å²) in [5, 5.41) is 4.28. The zero-order valence-electron chi connectivity index (χ0n) is 10.5. The van der Waals surface area contributed by atoms with E-state index < -0.39 is 0 Å². The van der Waals surface area contributed by atoms with Crippen LogP contribution < -0.4 is 5.73 Å². The predicted molar refractivity (Wildman–Crippen MR) is 66.8 cm³/mol. The lowest BCUT2D eigenvalue weighted by molar-refractivity contribution is 0.0718. The zero-order valence-corrected chi connectivity index (χ0v) is 10.5. The van der Waals surface area contributed by atoms with Gasteiger partial charge in [-0.1, -0.05) is 0 Å². The molecule has 0 unspecified atom stereocenters. The molecule has 1 aromatic heterocycles. The minimum absolute atomic E-state index is 0.0263. The highest BCUT2D eigenvalue weighted by molar-refractivity contribution is 5.97. The highest BCUT2D eigenvalue weighted by Crippen LogP contribution is 2.18. The van der Waals surface area contributed by atoms with Gasteiger partial charge < -0.3 is 10.6 Å². The lowest BCUT2D eigenvalue weighted by atomic mass is 10.1. The summed E-state index contributed by atoms with van der Waals surface area (Å²) in [6.45, 7) is 5.68. The number of carbonyl (C=O) groups is 1. The predicted octanol–water partition coefficient (Wildman–Crippen LogP) is 1.67. The minimum Gasteiger partial charge on any atom is -0.396 e.